The SMILES string of the molecule is COc1ccc(NC(=O)c2cccnc2CCl)c(Br)n1. The average molecular weight is 357 g/mol. The summed E-state index contributed by atoms with van der Waals surface area (Å²) in [6, 6.07) is 6.72. The molecule has 104 valence electrons. The number of hydrogen-bond donors (Lipinski definition) is 1. The second-order valence-corrected chi connectivity index (χ2v) is 4.80. The van der Waals surface area contributed by atoms with E-state index in [0.29, 0.717) is 27.4 Å². The summed E-state index contributed by atoms with van der Waals surface area (Å²) in [5, 5.41) is 2.75. The van der Waals surface area contributed by atoms with E-state index in [-0.39, 0.29) is 11.8 Å². The van der Waals surface area contributed by atoms with Crippen molar-refractivity contribution < 1.29 is 9.53 Å². The number of pyridine rings is 2. The van der Waals surface area contributed by atoms with Crippen LogP contribution in [0.1, 0.15) is 16.1 Å². The zero-order valence-corrected chi connectivity index (χ0v) is 12.9. The number of alkyl halides is 1. The molecule has 0 saturated heterocycles. The van der Waals surface area contributed by atoms with Crippen LogP contribution < -0.4 is 10.1 Å². The highest BCUT2D eigenvalue weighted by Gasteiger charge is 2.13. The van der Waals surface area contributed by atoms with Crippen LogP contribution in [0.3, 0.4) is 0 Å². The summed E-state index contributed by atoms with van der Waals surface area (Å²) in [7, 11) is 1.52. The fourth-order valence-corrected chi connectivity index (χ4v) is 2.18. The molecule has 0 aromatic carbocycles. The van der Waals surface area contributed by atoms with Gasteiger partial charge in [-0.25, -0.2) is 4.98 Å². The molecule has 0 radical (unpaired) electrons. The average Bonchev–Trinajstić information content (AvgIpc) is 2.49. The van der Waals surface area contributed by atoms with Gasteiger partial charge in [-0.3, -0.25) is 9.78 Å². The molecule has 2 heterocycles. The Morgan fingerprint density at radius 2 is 2.25 bits per heavy atom. The molecule has 0 aliphatic carbocycles. The Balaban J connectivity index is 2.23. The summed E-state index contributed by atoms with van der Waals surface area (Å²) in [5.74, 6) is 0.338. The number of carbonyl (C=O) groups excluding carboxylic acids is 1. The van der Waals surface area contributed by atoms with Crippen molar-refractivity contribution in [2.45, 2.75) is 5.88 Å². The van der Waals surface area contributed by atoms with E-state index in [1.165, 1.54) is 7.11 Å². The van der Waals surface area contributed by atoms with Crippen LogP contribution in [0.25, 0.3) is 0 Å². The molecule has 0 saturated carbocycles. The van der Waals surface area contributed by atoms with Crippen molar-refractivity contribution in [3.05, 3.63) is 46.3 Å². The van der Waals surface area contributed by atoms with Gasteiger partial charge in [0, 0.05) is 12.3 Å². The summed E-state index contributed by atoms with van der Waals surface area (Å²) in [5.41, 5.74) is 1.51. The third-order valence-electron chi connectivity index (χ3n) is 2.54. The van der Waals surface area contributed by atoms with Gasteiger partial charge in [0.05, 0.1) is 29.9 Å². The molecule has 2 rings (SSSR count). The van der Waals surface area contributed by atoms with Crippen LogP contribution in [0.5, 0.6) is 5.88 Å². The Labute approximate surface area is 129 Å². The van der Waals surface area contributed by atoms with Gasteiger partial charge in [0.1, 0.15) is 4.60 Å². The van der Waals surface area contributed by atoms with Gasteiger partial charge in [0.15, 0.2) is 0 Å². The van der Waals surface area contributed by atoms with Gasteiger partial charge in [0.2, 0.25) is 5.88 Å². The number of anilines is 1. The smallest absolute Gasteiger partial charge is 0.257 e. The highest BCUT2D eigenvalue weighted by molar-refractivity contribution is 9.10. The molecule has 2 aromatic heterocycles. The van der Waals surface area contributed by atoms with Gasteiger partial charge >= 0.3 is 0 Å². The fourth-order valence-electron chi connectivity index (χ4n) is 1.57. The lowest BCUT2D eigenvalue weighted by molar-refractivity contribution is 0.102. The van der Waals surface area contributed by atoms with Gasteiger partial charge in [-0.2, -0.15) is 0 Å². The van der Waals surface area contributed by atoms with Gasteiger partial charge < -0.3 is 10.1 Å². The highest BCUT2D eigenvalue weighted by atomic mass is 79.9. The number of ether oxygens (including phenoxy) is 1. The number of nitrogens with zero attached hydrogens (tertiary/aromatic N) is 2. The summed E-state index contributed by atoms with van der Waals surface area (Å²) >= 11 is 9.05. The van der Waals surface area contributed by atoms with E-state index in [4.69, 9.17) is 16.3 Å². The summed E-state index contributed by atoms with van der Waals surface area (Å²) in [4.78, 5) is 20.4. The van der Waals surface area contributed by atoms with Crippen LogP contribution in [0.15, 0.2) is 35.1 Å². The third-order valence-corrected chi connectivity index (χ3v) is 3.40. The Morgan fingerprint density at radius 1 is 1.45 bits per heavy atom. The molecule has 0 bridgehead atoms. The van der Waals surface area contributed by atoms with E-state index < -0.39 is 0 Å². The molecule has 0 atom stereocenters. The summed E-state index contributed by atoms with van der Waals surface area (Å²) in [6.45, 7) is 0. The minimum absolute atomic E-state index is 0.172. The summed E-state index contributed by atoms with van der Waals surface area (Å²) < 4.78 is 5.48. The van der Waals surface area contributed by atoms with E-state index in [1.54, 1.807) is 30.5 Å². The lowest BCUT2D eigenvalue weighted by atomic mass is 10.2. The molecule has 1 amide bonds. The first-order valence-electron chi connectivity index (χ1n) is 5.67. The molecular formula is C13H11BrClN3O2. The van der Waals surface area contributed by atoms with E-state index in [1.807, 2.05) is 0 Å². The molecular weight excluding hydrogens is 346 g/mol. The predicted molar refractivity (Wildman–Crippen MR) is 80.2 cm³/mol. The Bertz CT molecular complexity index is 637. The maximum Gasteiger partial charge on any atom is 0.257 e. The van der Waals surface area contributed by atoms with Crippen molar-refractivity contribution in [3.8, 4) is 5.88 Å². The molecule has 2 aromatic rings. The van der Waals surface area contributed by atoms with Crippen LogP contribution in [0, 0.1) is 0 Å². The monoisotopic (exact) mass is 355 g/mol. The number of rotatable bonds is 4. The molecule has 5 nitrogen and oxygen atoms in total. The van der Waals surface area contributed by atoms with Crippen LogP contribution in [0.2, 0.25) is 0 Å². The van der Waals surface area contributed by atoms with Crippen LogP contribution in [0.4, 0.5) is 5.69 Å². The quantitative estimate of drug-likeness (QED) is 0.675. The van der Waals surface area contributed by atoms with Gasteiger partial charge in [-0.05, 0) is 34.1 Å². The van der Waals surface area contributed by atoms with E-state index in [2.05, 4.69) is 31.2 Å². The van der Waals surface area contributed by atoms with Crippen molar-refractivity contribution in [2.24, 2.45) is 0 Å². The van der Waals surface area contributed by atoms with Gasteiger partial charge in [-0.1, -0.05) is 0 Å². The normalized spacial score (nSPS) is 10.2. The predicted octanol–water partition coefficient (Wildman–Crippen LogP) is 3.24. The topological polar surface area (TPSA) is 64.1 Å². The lowest BCUT2D eigenvalue weighted by Crippen LogP contribution is -2.15. The molecule has 7 heteroatoms. The first kappa shape index (κ1) is 14.7. The minimum Gasteiger partial charge on any atom is -0.481 e. The van der Waals surface area contributed by atoms with Crippen LogP contribution in [-0.2, 0) is 5.88 Å². The van der Waals surface area contributed by atoms with E-state index in [9.17, 15) is 4.79 Å². The molecule has 0 spiro atoms. The van der Waals surface area contributed by atoms with E-state index >= 15 is 0 Å². The van der Waals surface area contributed by atoms with Gasteiger partial charge in [0.25, 0.3) is 5.91 Å². The Hall–Kier alpha value is -1.66. The first-order valence-corrected chi connectivity index (χ1v) is 7.00. The lowest BCUT2D eigenvalue weighted by Gasteiger charge is -2.09. The molecule has 0 unspecified atom stereocenters. The maximum absolute atomic E-state index is 12.2. The number of halogens is 2. The zero-order valence-electron chi connectivity index (χ0n) is 10.6. The Morgan fingerprint density at radius 3 is 2.90 bits per heavy atom. The molecule has 20 heavy (non-hydrogen) atoms. The van der Waals surface area contributed by atoms with Crippen LogP contribution in [-0.4, -0.2) is 23.0 Å². The number of hydrogen-bond acceptors (Lipinski definition) is 4. The number of aromatic nitrogens is 2. The van der Waals surface area contributed by atoms with E-state index in [0.717, 1.165) is 0 Å². The van der Waals surface area contributed by atoms with Crippen molar-refractivity contribution >= 4 is 39.1 Å². The second kappa shape index (κ2) is 6.67. The van der Waals surface area contributed by atoms with Crippen molar-refractivity contribution in [3.63, 3.8) is 0 Å². The fraction of sp³-hybridized carbons (Fsp3) is 0.154. The Kier molecular flexibility index (Phi) is 4.92. The highest BCUT2D eigenvalue weighted by Crippen LogP contribution is 2.24. The maximum atomic E-state index is 12.2. The largest absolute Gasteiger partial charge is 0.481 e. The molecule has 1 N–H and O–H groups in total. The summed E-state index contributed by atoms with van der Waals surface area (Å²) in [6.07, 6.45) is 1.60. The van der Waals surface area contributed by atoms with Crippen molar-refractivity contribution in [1.82, 2.24) is 9.97 Å². The van der Waals surface area contributed by atoms with Crippen molar-refractivity contribution in [1.29, 1.82) is 0 Å². The first-order chi connectivity index (χ1) is 9.65. The number of methoxy groups -OCH3 is 1. The standard InChI is InChI=1S/C13H11BrClN3O2/c1-20-11-5-4-9(12(14)18-11)17-13(19)8-3-2-6-16-10(8)7-15/h2-6H,7H2,1H3,(H,17,19). The number of amides is 1. The second-order valence-electron chi connectivity index (χ2n) is 3.78. The molecule has 0 fully saturated rings. The van der Waals surface area contributed by atoms with Crippen LogP contribution >= 0.6 is 27.5 Å². The minimum atomic E-state index is -0.290. The van der Waals surface area contributed by atoms with Gasteiger partial charge in [-0.15, -0.1) is 11.6 Å². The zero-order chi connectivity index (χ0) is 14.5. The molecule has 0 aliphatic rings. The van der Waals surface area contributed by atoms with Crippen molar-refractivity contribution in [2.75, 3.05) is 12.4 Å². The third kappa shape index (κ3) is 3.26. The molecule has 0 aliphatic heterocycles. The number of carbonyl (C=O) groups is 1. The number of nitrogens with one attached hydrogen (secondary N) is 1.